The molecule has 2 aromatic carbocycles. The van der Waals surface area contributed by atoms with Crippen molar-refractivity contribution in [3.8, 4) is 11.5 Å². The molecular weight excluding hydrogens is 280 g/mol. The second-order valence-electron chi connectivity index (χ2n) is 4.33. The second-order valence-corrected chi connectivity index (χ2v) is 5.78. The average molecular weight is 294 g/mol. The summed E-state index contributed by atoms with van der Waals surface area (Å²) in [6, 6.07) is 8.20. The van der Waals surface area contributed by atoms with Gasteiger partial charge < -0.3 is 14.9 Å². The lowest BCUT2D eigenvalue weighted by atomic mass is 10.1. The number of hydrogen-bond donors (Lipinski definition) is 2. The number of methoxy groups -OCH3 is 1. The van der Waals surface area contributed by atoms with E-state index in [4.69, 9.17) is 0 Å². The molecule has 0 saturated heterocycles. The molecule has 0 saturated carbocycles. The van der Waals surface area contributed by atoms with Crippen LogP contribution in [0.2, 0.25) is 0 Å². The van der Waals surface area contributed by atoms with Crippen LogP contribution in [0.3, 0.4) is 0 Å². The third-order valence-electron chi connectivity index (χ3n) is 2.83. The van der Waals surface area contributed by atoms with Gasteiger partial charge in [-0.2, -0.15) is 0 Å². The third kappa shape index (κ3) is 3.27. The molecule has 5 nitrogen and oxygen atoms in total. The van der Waals surface area contributed by atoms with Crippen molar-refractivity contribution in [2.45, 2.75) is 5.75 Å². The van der Waals surface area contributed by atoms with E-state index in [1.54, 1.807) is 18.2 Å². The topological polar surface area (TPSA) is 83.8 Å². The lowest BCUT2D eigenvalue weighted by Gasteiger charge is -2.05. The molecule has 20 heavy (non-hydrogen) atoms. The number of benzene rings is 2. The number of hydrogen-bond acceptors (Lipinski definition) is 5. The highest BCUT2D eigenvalue weighted by Crippen LogP contribution is 2.30. The maximum absolute atomic E-state index is 11.8. The van der Waals surface area contributed by atoms with Crippen molar-refractivity contribution in [1.82, 2.24) is 0 Å². The van der Waals surface area contributed by atoms with Gasteiger partial charge in [0, 0.05) is 16.6 Å². The summed E-state index contributed by atoms with van der Waals surface area (Å²) in [4.78, 5) is 11.0. The Hall–Kier alpha value is -2.08. The molecule has 1 unspecified atom stereocenters. The Labute approximate surface area is 118 Å². The van der Waals surface area contributed by atoms with E-state index in [1.165, 1.54) is 19.2 Å². The zero-order valence-corrected chi connectivity index (χ0v) is 11.6. The maximum Gasteiger partial charge on any atom is 0.318 e. The Balaban J connectivity index is 2.21. The number of aromatic hydroxyl groups is 2. The van der Waals surface area contributed by atoms with Gasteiger partial charge in [0.05, 0.1) is 7.11 Å². The fourth-order valence-corrected chi connectivity index (χ4v) is 2.87. The van der Waals surface area contributed by atoms with Crippen LogP contribution in [0, 0.1) is 0 Å². The van der Waals surface area contributed by atoms with Crippen LogP contribution < -0.4 is 0 Å². The first-order valence-electron chi connectivity index (χ1n) is 5.86. The largest absolute Gasteiger partial charge is 0.504 e. The predicted octanol–water partition coefficient (Wildman–Crippen LogP) is 1.67. The monoisotopic (exact) mass is 294 g/mol. The molecule has 0 amide bonds. The summed E-state index contributed by atoms with van der Waals surface area (Å²) in [7, 11) is -0.0853. The number of ether oxygens (including phenoxy) is 1. The first kappa shape index (κ1) is 14.3. The predicted molar refractivity (Wildman–Crippen MR) is 76.0 cm³/mol. The maximum atomic E-state index is 11.8. The van der Waals surface area contributed by atoms with Gasteiger partial charge in [-0.3, -0.25) is 9.00 Å². The molecule has 0 aromatic heterocycles. The van der Waals surface area contributed by atoms with Gasteiger partial charge >= 0.3 is 5.97 Å². The molecule has 0 aliphatic rings. The first-order valence-corrected chi connectivity index (χ1v) is 7.35. The lowest BCUT2D eigenvalue weighted by Crippen LogP contribution is -2.13. The number of carbonyl (C=O) groups is 1. The van der Waals surface area contributed by atoms with Crippen LogP contribution >= 0.6 is 0 Å². The van der Waals surface area contributed by atoms with Gasteiger partial charge in [0.25, 0.3) is 0 Å². The molecule has 2 N–H and O–H groups in total. The normalized spacial score (nSPS) is 12.2. The van der Waals surface area contributed by atoms with Gasteiger partial charge in [0.1, 0.15) is 5.75 Å². The highest BCUT2D eigenvalue weighted by atomic mass is 32.2. The molecule has 0 heterocycles. The number of carbonyl (C=O) groups excluding carboxylic acids is 1. The van der Waals surface area contributed by atoms with Gasteiger partial charge in [0.2, 0.25) is 0 Å². The minimum absolute atomic E-state index is 0.143. The van der Waals surface area contributed by atoms with Crippen LogP contribution in [0.4, 0.5) is 0 Å². The molecule has 1 atom stereocenters. The van der Waals surface area contributed by atoms with Crippen LogP contribution in [-0.2, 0) is 26.1 Å². The van der Waals surface area contributed by atoms with E-state index in [-0.39, 0.29) is 23.0 Å². The van der Waals surface area contributed by atoms with Crippen LogP contribution in [0.5, 0.6) is 11.5 Å². The Morgan fingerprint density at radius 2 is 1.80 bits per heavy atom. The van der Waals surface area contributed by atoms with E-state index in [2.05, 4.69) is 4.74 Å². The lowest BCUT2D eigenvalue weighted by molar-refractivity contribution is -0.137. The zero-order chi connectivity index (χ0) is 14.7. The molecule has 2 rings (SSSR count). The minimum Gasteiger partial charge on any atom is -0.504 e. The summed E-state index contributed by atoms with van der Waals surface area (Å²) >= 11 is 0. The van der Waals surface area contributed by atoms with Crippen molar-refractivity contribution in [2.75, 3.05) is 12.9 Å². The number of rotatable bonds is 4. The van der Waals surface area contributed by atoms with Crippen LogP contribution in [-0.4, -0.2) is 33.3 Å². The highest BCUT2D eigenvalue weighted by Gasteiger charge is 2.10. The quantitative estimate of drug-likeness (QED) is 0.662. The van der Waals surface area contributed by atoms with E-state index in [1.807, 2.05) is 0 Å². The average Bonchev–Trinajstić information content (AvgIpc) is 2.40. The van der Waals surface area contributed by atoms with Gasteiger partial charge in [-0.05, 0) is 28.5 Å². The molecule has 0 aliphatic carbocycles. The molecule has 0 radical (unpaired) electrons. The minimum atomic E-state index is -1.34. The molecule has 0 spiro atoms. The summed E-state index contributed by atoms with van der Waals surface area (Å²) in [5, 5.41) is 20.4. The van der Waals surface area contributed by atoms with Gasteiger partial charge in [-0.25, -0.2) is 0 Å². The Bertz CT molecular complexity index is 681. The highest BCUT2D eigenvalue weighted by molar-refractivity contribution is 7.84. The van der Waals surface area contributed by atoms with E-state index in [0.29, 0.717) is 0 Å². The number of phenolic OH excluding ortho intramolecular Hbond substituents is 2. The first-order chi connectivity index (χ1) is 9.49. The van der Waals surface area contributed by atoms with Crippen LogP contribution in [0.1, 0.15) is 5.56 Å². The van der Waals surface area contributed by atoms with Crippen molar-refractivity contribution >= 4 is 27.5 Å². The number of esters is 1. The fourth-order valence-electron chi connectivity index (χ4n) is 1.84. The summed E-state index contributed by atoms with van der Waals surface area (Å²) in [5.74, 6) is -0.807. The molecule has 0 aliphatic heterocycles. The standard InChI is InChI=1S/C14H14O5S/c1-19-14(17)8-20(18)7-9-2-3-10-5-12(15)13(16)6-11(10)4-9/h2-6,15-16H,7-8H2,1H3. The molecular formula is C14H14O5S. The number of fused-ring (bicyclic) bond motifs is 1. The third-order valence-corrected chi connectivity index (χ3v) is 4.05. The van der Waals surface area contributed by atoms with Gasteiger partial charge in [0.15, 0.2) is 11.5 Å². The second kappa shape index (κ2) is 5.92. The molecule has 0 bridgehead atoms. The van der Waals surface area contributed by atoms with Crippen molar-refractivity contribution in [2.24, 2.45) is 0 Å². The molecule has 106 valence electrons. The smallest absolute Gasteiger partial charge is 0.318 e. The fraction of sp³-hybridized carbons (Fsp3) is 0.214. The zero-order valence-electron chi connectivity index (χ0n) is 10.8. The molecule has 6 heteroatoms. The summed E-state index contributed by atoms with van der Waals surface area (Å²) < 4.78 is 16.2. The van der Waals surface area contributed by atoms with E-state index in [9.17, 15) is 19.2 Å². The Morgan fingerprint density at radius 1 is 1.15 bits per heavy atom. The van der Waals surface area contributed by atoms with Crippen LogP contribution in [0.25, 0.3) is 10.8 Å². The number of phenols is 2. The molecule has 2 aromatic rings. The van der Waals surface area contributed by atoms with Crippen molar-refractivity contribution in [3.05, 3.63) is 35.9 Å². The summed E-state index contributed by atoms with van der Waals surface area (Å²) in [6.45, 7) is 0. The molecule has 0 fully saturated rings. The Morgan fingerprint density at radius 3 is 2.45 bits per heavy atom. The summed E-state index contributed by atoms with van der Waals surface area (Å²) in [5.41, 5.74) is 0.782. The van der Waals surface area contributed by atoms with Gasteiger partial charge in [-0.1, -0.05) is 18.2 Å². The van der Waals surface area contributed by atoms with Crippen LogP contribution in [0.15, 0.2) is 30.3 Å². The van der Waals surface area contributed by atoms with Crippen molar-refractivity contribution < 1.29 is 24.0 Å². The van der Waals surface area contributed by atoms with Crippen molar-refractivity contribution in [1.29, 1.82) is 0 Å². The van der Waals surface area contributed by atoms with E-state index < -0.39 is 16.8 Å². The summed E-state index contributed by atoms with van der Waals surface area (Å²) in [6.07, 6.45) is 0. The van der Waals surface area contributed by atoms with Crippen molar-refractivity contribution in [3.63, 3.8) is 0 Å². The Kier molecular flexibility index (Phi) is 4.24. The van der Waals surface area contributed by atoms with Gasteiger partial charge in [-0.15, -0.1) is 0 Å². The van der Waals surface area contributed by atoms with E-state index >= 15 is 0 Å². The SMILES string of the molecule is COC(=O)CS(=O)Cc1ccc2cc(O)c(O)cc2c1. The van der Waals surface area contributed by atoms with E-state index in [0.717, 1.165) is 16.3 Å².